The summed E-state index contributed by atoms with van der Waals surface area (Å²) in [6.45, 7) is 7.39. The third kappa shape index (κ3) is 6.50. The fourth-order valence-corrected chi connectivity index (χ4v) is 1.60. The third-order valence-corrected chi connectivity index (χ3v) is 2.63. The molecule has 0 atom stereocenters. The second-order valence-electron chi connectivity index (χ2n) is 4.83. The molecule has 1 aromatic rings. The number of nitrogens with one attached hydrogen (secondary N) is 1. The molecule has 0 saturated carbocycles. The molecule has 1 N–H and O–H groups in total. The Bertz CT molecular complexity index is 309. The van der Waals surface area contributed by atoms with Crippen molar-refractivity contribution >= 4 is 0 Å². The highest BCUT2D eigenvalue weighted by molar-refractivity contribution is 5.31. The largest absolute Gasteiger partial charge is 0.497 e. The average molecular weight is 251 g/mol. The molecule has 0 unspecified atom stereocenters. The van der Waals surface area contributed by atoms with Crippen molar-refractivity contribution in [2.45, 2.75) is 26.7 Å². The summed E-state index contributed by atoms with van der Waals surface area (Å²) in [7, 11) is 1.67. The molecule has 0 fully saturated rings. The van der Waals surface area contributed by atoms with Gasteiger partial charge in [-0.1, -0.05) is 13.8 Å². The Morgan fingerprint density at radius 3 is 2.33 bits per heavy atom. The number of unbranched alkanes of at least 4 members (excludes halogenated alkanes) is 1. The number of methoxy groups -OCH3 is 1. The lowest BCUT2D eigenvalue weighted by Crippen LogP contribution is -2.21. The first-order valence-corrected chi connectivity index (χ1v) is 6.70. The van der Waals surface area contributed by atoms with Crippen LogP contribution in [0.2, 0.25) is 0 Å². The van der Waals surface area contributed by atoms with E-state index in [0.29, 0.717) is 0 Å². The van der Waals surface area contributed by atoms with Crippen molar-refractivity contribution in [1.29, 1.82) is 0 Å². The molecule has 3 nitrogen and oxygen atoms in total. The maximum Gasteiger partial charge on any atom is 0.119 e. The Labute approximate surface area is 110 Å². The van der Waals surface area contributed by atoms with Crippen LogP contribution in [0, 0.1) is 5.92 Å². The SMILES string of the molecule is COc1ccc(OCCCCNCC(C)C)cc1. The molecule has 0 bridgehead atoms. The normalized spacial score (nSPS) is 10.7. The predicted molar refractivity (Wildman–Crippen MR) is 75.4 cm³/mol. The standard InChI is InChI=1S/C15H25NO2/c1-13(2)12-16-10-4-5-11-18-15-8-6-14(17-3)7-9-15/h6-9,13,16H,4-5,10-12H2,1-3H3. The van der Waals surface area contributed by atoms with E-state index in [4.69, 9.17) is 9.47 Å². The Balaban J connectivity index is 2.03. The topological polar surface area (TPSA) is 30.5 Å². The lowest BCUT2D eigenvalue weighted by atomic mass is 10.2. The molecule has 0 amide bonds. The number of rotatable bonds is 9. The predicted octanol–water partition coefficient (Wildman–Crippen LogP) is 3.10. The molecule has 0 aromatic heterocycles. The van der Waals surface area contributed by atoms with Gasteiger partial charge in [0.15, 0.2) is 0 Å². The summed E-state index contributed by atoms with van der Waals surface area (Å²) in [6, 6.07) is 7.71. The Hall–Kier alpha value is -1.22. The van der Waals surface area contributed by atoms with Crippen LogP contribution in [-0.2, 0) is 0 Å². The van der Waals surface area contributed by atoms with Crippen molar-refractivity contribution < 1.29 is 9.47 Å². The fourth-order valence-electron chi connectivity index (χ4n) is 1.60. The van der Waals surface area contributed by atoms with Crippen molar-refractivity contribution in [1.82, 2.24) is 5.32 Å². The zero-order chi connectivity index (χ0) is 13.2. The van der Waals surface area contributed by atoms with Crippen molar-refractivity contribution in [3.05, 3.63) is 24.3 Å². The first-order chi connectivity index (χ1) is 8.72. The van der Waals surface area contributed by atoms with Gasteiger partial charge in [0.05, 0.1) is 13.7 Å². The average Bonchev–Trinajstić information content (AvgIpc) is 2.38. The summed E-state index contributed by atoms with van der Waals surface area (Å²) < 4.78 is 10.7. The quantitative estimate of drug-likeness (QED) is 0.684. The van der Waals surface area contributed by atoms with Crippen molar-refractivity contribution in [2.24, 2.45) is 5.92 Å². The van der Waals surface area contributed by atoms with Crippen LogP contribution in [0.3, 0.4) is 0 Å². The molecule has 0 aliphatic heterocycles. The van der Waals surface area contributed by atoms with Crippen LogP contribution < -0.4 is 14.8 Å². The first kappa shape index (κ1) is 14.8. The van der Waals surface area contributed by atoms with Crippen molar-refractivity contribution in [3.63, 3.8) is 0 Å². The van der Waals surface area contributed by atoms with E-state index < -0.39 is 0 Å². The van der Waals surface area contributed by atoms with E-state index in [0.717, 1.165) is 50.0 Å². The zero-order valence-electron chi connectivity index (χ0n) is 11.7. The van der Waals surface area contributed by atoms with Gasteiger partial charge < -0.3 is 14.8 Å². The molecule has 0 saturated heterocycles. The molecule has 0 heterocycles. The highest BCUT2D eigenvalue weighted by Gasteiger charge is 1.96. The molecule has 0 aliphatic rings. The van der Waals surface area contributed by atoms with Gasteiger partial charge in [0, 0.05) is 0 Å². The molecule has 0 spiro atoms. The molecular formula is C15H25NO2. The minimum atomic E-state index is 0.723. The molecule has 3 heteroatoms. The molecular weight excluding hydrogens is 226 g/mol. The smallest absolute Gasteiger partial charge is 0.119 e. The van der Waals surface area contributed by atoms with Gasteiger partial charge in [0.25, 0.3) is 0 Å². The summed E-state index contributed by atoms with van der Waals surface area (Å²) in [5.41, 5.74) is 0. The highest BCUT2D eigenvalue weighted by atomic mass is 16.5. The monoisotopic (exact) mass is 251 g/mol. The number of hydrogen-bond acceptors (Lipinski definition) is 3. The van der Waals surface area contributed by atoms with Crippen LogP contribution in [0.25, 0.3) is 0 Å². The lowest BCUT2D eigenvalue weighted by Gasteiger charge is -2.08. The van der Waals surface area contributed by atoms with Crippen LogP contribution >= 0.6 is 0 Å². The van der Waals surface area contributed by atoms with E-state index in [-0.39, 0.29) is 0 Å². The van der Waals surface area contributed by atoms with Gasteiger partial charge in [-0.3, -0.25) is 0 Å². The number of benzene rings is 1. The van der Waals surface area contributed by atoms with Crippen LogP contribution in [0.5, 0.6) is 11.5 Å². The maximum atomic E-state index is 5.65. The van der Waals surface area contributed by atoms with Crippen LogP contribution in [0.4, 0.5) is 0 Å². The van der Waals surface area contributed by atoms with Crippen LogP contribution in [-0.4, -0.2) is 26.8 Å². The summed E-state index contributed by atoms with van der Waals surface area (Å²) in [4.78, 5) is 0. The Kier molecular flexibility index (Phi) is 7.26. The lowest BCUT2D eigenvalue weighted by molar-refractivity contribution is 0.304. The molecule has 0 radical (unpaired) electrons. The maximum absolute atomic E-state index is 5.65. The number of ether oxygens (including phenoxy) is 2. The zero-order valence-corrected chi connectivity index (χ0v) is 11.7. The van der Waals surface area contributed by atoms with Gasteiger partial charge in [-0.05, 0) is 56.1 Å². The Morgan fingerprint density at radius 2 is 1.72 bits per heavy atom. The summed E-state index contributed by atoms with van der Waals surface area (Å²) >= 11 is 0. The molecule has 18 heavy (non-hydrogen) atoms. The van der Waals surface area contributed by atoms with E-state index in [1.807, 2.05) is 24.3 Å². The summed E-state index contributed by atoms with van der Waals surface area (Å²) in [5, 5.41) is 3.43. The molecule has 102 valence electrons. The van der Waals surface area contributed by atoms with E-state index in [1.54, 1.807) is 7.11 Å². The van der Waals surface area contributed by atoms with Crippen molar-refractivity contribution in [2.75, 3.05) is 26.8 Å². The first-order valence-electron chi connectivity index (χ1n) is 6.70. The highest BCUT2D eigenvalue weighted by Crippen LogP contribution is 2.17. The molecule has 0 aliphatic carbocycles. The van der Waals surface area contributed by atoms with Gasteiger partial charge in [-0.15, -0.1) is 0 Å². The second kappa shape index (κ2) is 8.81. The minimum Gasteiger partial charge on any atom is -0.497 e. The van der Waals surface area contributed by atoms with Gasteiger partial charge in [0.2, 0.25) is 0 Å². The fraction of sp³-hybridized carbons (Fsp3) is 0.600. The van der Waals surface area contributed by atoms with E-state index >= 15 is 0 Å². The molecule has 1 rings (SSSR count). The van der Waals surface area contributed by atoms with Gasteiger partial charge >= 0.3 is 0 Å². The second-order valence-corrected chi connectivity index (χ2v) is 4.83. The summed E-state index contributed by atoms with van der Waals surface area (Å²) in [5.74, 6) is 2.49. The third-order valence-electron chi connectivity index (χ3n) is 2.63. The van der Waals surface area contributed by atoms with Crippen molar-refractivity contribution in [3.8, 4) is 11.5 Å². The Morgan fingerprint density at radius 1 is 1.06 bits per heavy atom. The van der Waals surface area contributed by atoms with Gasteiger partial charge in [0.1, 0.15) is 11.5 Å². The number of hydrogen-bond donors (Lipinski definition) is 1. The molecule has 1 aromatic carbocycles. The minimum absolute atomic E-state index is 0.723. The summed E-state index contributed by atoms with van der Waals surface area (Å²) in [6.07, 6.45) is 2.24. The van der Waals surface area contributed by atoms with Gasteiger partial charge in [-0.25, -0.2) is 0 Å². The van der Waals surface area contributed by atoms with E-state index in [9.17, 15) is 0 Å². The van der Waals surface area contributed by atoms with Crippen LogP contribution in [0.1, 0.15) is 26.7 Å². The van der Waals surface area contributed by atoms with Crippen LogP contribution in [0.15, 0.2) is 24.3 Å². The van der Waals surface area contributed by atoms with Gasteiger partial charge in [-0.2, -0.15) is 0 Å². The van der Waals surface area contributed by atoms with E-state index in [1.165, 1.54) is 0 Å². The van der Waals surface area contributed by atoms with E-state index in [2.05, 4.69) is 19.2 Å².